The van der Waals surface area contributed by atoms with Crippen LogP contribution in [0.3, 0.4) is 0 Å². The summed E-state index contributed by atoms with van der Waals surface area (Å²) in [6.45, 7) is 12.1. The number of hydrogen-bond donors (Lipinski definition) is 1. The number of hydrogen-bond acceptors (Lipinski definition) is 4. The second-order valence-electron chi connectivity index (χ2n) is 7.92. The standard InChI is InChI=1S/C21H34N2O2/c1-16-8-9-17(2)21(18(16)3)25-15-20(24)14-22-10-6-7-19(13-22)23-11-4-5-12-23/h8-9,19-20,24H,4-7,10-15H2,1-3H3/t19-,20+/m0/s1. The molecule has 0 unspecified atom stereocenters. The first-order valence-electron chi connectivity index (χ1n) is 9.88. The van der Waals surface area contributed by atoms with Crippen LogP contribution in [0.5, 0.6) is 5.75 Å². The number of ether oxygens (including phenoxy) is 1. The minimum atomic E-state index is -0.434. The molecule has 4 heteroatoms. The van der Waals surface area contributed by atoms with Crippen molar-refractivity contribution in [3.63, 3.8) is 0 Å². The number of aliphatic hydroxyl groups is 1. The van der Waals surface area contributed by atoms with E-state index in [4.69, 9.17) is 4.74 Å². The Morgan fingerprint density at radius 2 is 1.80 bits per heavy atom. The summed E-state index contributed by atoms with van der Waals surface area (Å²) < 4.78 is 5.99. The number of β-amino-alcohol motifs (C(OH)–C–C–N with tert-alkyl or cyclic N) is 1. The molecule has 1 N–H and O–H groups in total. The van der Waals surface area contributed by atoms with E-state index in [9.17, 15) is 5.11 Å². The Morgan fingerprint density at radius 1 is 1.08 bits per heavy atom. The van der Waals surface area contributed by atoms with E-state index in [1.165, 1.54) is 49.9 Å². The fraction of sp³-hybridized carbons (Fsp3) is 0.714. The fourth-order valence-electron chi connectivity index (χ4n) is 4.28. The summed E-state index contributed by atoms with van der Waals surface area (Å²) in [5.41, 5.74) is 3.56. The van der Waals surface area contributed by atoms with Gasteiger partial charge in [-0.2, -0.15) is 0 Å². The van der Waals surface area contributed by atoms with E-state index in [0.29, 0.717) is 19.2 Å². The molecule has 0 bridgehead atoms. The largest absolute Gasteiger partial charge is 0.490 e. The van der Waals surface area contributed by atoms with Crippen molar-refractivity contribution >= 4 is 0 Å². The maximum atomic E-state index is 10.5. The van der Waals surface area contributed by atoms with Crippen LogP contribution in [-0.2, 0) is 0 Å². The summed E-state index contributed by atoms with van der Waals surface area (Å²) in [7, 11) is 0. The van der Waals surface area contributed by atoms with Crippen molar-refractivity contribution in [1.29, 1.82) is 0 Å². The molecule has 3 rings (SSSR count). The van der Waals surface area contributed by atoms with Crippen LogP contribution >= 0.6 is 0 Å². The van der Waals surface area contributed by atoms with E-state index in [0.717, 1.165) is 24.4 Å². The van der Waals surface area contributed by atoms with Crippen molar-refractivity contribution in [3.05, 3.63) is 28.8 Å². The van der Waals surface area contributed by atoms with Gasteiger partial charge in [0.15, 0.2) is 0 Å². The highest BCUT2D eigenvalue weighted by Crippen LogP contribution is 2.26. The van der Waals surface area contributed by atoms with Crippen molar-refractivity contribution in [2.75, 3.05) is 39.3 Å². The molecular weight excluding hydrogens is 312 g/mol. The summed E-state index contributed by atoms with van der Waals surface area (Å²) in [6.07, 6.45) is 4.82. The van der Waals surface area contributed by atoms with Gasteiger partial charge in [-0.1, -0.05) is 12.1 Å². The minimum Gasteiger partial charge on any atom is -0.490 e. The van der Waals surface area contributed by atoms with Gasteiger partial charge in [0.25, 0.3) is 0 Å². The molecule has 2 aliphatic rings. The van der Waals surface area contributed by atoms with Gasteiger partial charge in [-0.15, -0.1) is 0 Å². The van der Waals surface area contributed by atoms with Gasteiger partial charge in [-0.05, 0) is 82.8 Å². The molecule has 140 valence electrons. The summed E-state index contributed by atoms with van der Waals surface area (Å²) >= 11 is 0. The third-order valence-corrected chi connectivity index (χ3v) is 5.90. The molecule has 0 amide bonds. The molecule has 1 aromatic rings. The summed E-state index contributed by atoms with van der Waals surface area (Å²) in [5.74, 6) is 0.938. The predicted octanol–water partition coefficient (Wildman–Crippen LogP) is 2.91. The van der Waals surface area contributed by atoms with Crippen LogP contribution in [0, 0.1) is 20.8 Å². The zero-order valence-electron chi connectivity index (χ0n) is 16.1. The van der Waals surface area contributed by atoms with E-state index in [2.05, 4.69) is 42.7 Å². The molecule has 0 aliphatic carbocycles. The minimum absolute atomic E-state index is 0.371. The molecule has 1 aromatic carbocycles. The number of benzene rings is 1. The summed E-state index contributed by atoms with van der Waals surface area (Å²) in [4.78, 5) is 5.07. The molecule has 0 saturated carbocycles. The Labute approximate surface area is 152 Å². The lowest BCUT2D eigenvalue weighted by Gasteiger charge is -2.38. The molecule has 2 saturated heterocycles. The smallest absolute Gasteiger partial charge is 0.125 e. The van der Waals surface area contributed by atoms with Crippen LogP contribution < -0.4 is 4.74 Å². The Balaban J connectivity index is 1.49. The lowest BCUT2D eigenvalue weighted by Crippen LogP contribution is -2.49. The highest BCUT2D eigenvalue weighted by atomic mass is 16.5. The normalized spacial score (nSPS) is 23.8. The molecule has 0 aromatic heterocycles. The van der Waals surface area contributed by atoms with Gasteiger partial charge in [-0.25, -0.2) is 0 Å². The Morgan fingerprint density at radius 3 is 2.56 bits per heavy atom. The van der Waals surface area contributed by atoms with Crippen LogP contribution in [-0.4, -0.2) is 66.4 Å². The maximum absolute atomic E-state index is 10.5. The molecule has 0 radical (unpaired) electrons. The van der Waals surface area contributed by atoms with Crippen LogP contribution in [0.4, 0.5) is 0 Å². The highest BCUT2D eigenvalue weighted by Gasteiger charge is 2.28. The highest BCUT2D eigenvalue weighted by molar-refractivity contribution is 5.44. The first kappa shape index (κ1) is 18.7. The van der Waals surface area contributed by atoms with Gasteiger partial charge < -0.3 is 9.84 Å². The Hall–Kier alpha value is -1.10. The lowest BCUT2D eigenvalue weighted by atomic mass is 10.0. The van der Waals surface area contributed by atoms with Gasteiger partial charge in [-0.3, -0.25) is 9.80 Å². The van der Waals surface area contributed by atoms with E-state index < -0.39 is 6.10 Å². The average molecular weight is 347 g/mol. The first-order chi connectivity index (χ1) is 12.0. The molecule has 0 spiro atoms. The molecule has 2 heterocycles. The van der Waals surface area contributed by atoms with Crippen molar-refractivity contribution in [1.82, 2.24) is 9.80 Å². The van der Waals surface area contributed by atoms with E-state index in [1.54, 1.807) is 0 Å². The number of nitrogens with zero attached hydrogens (tertiary/aromatic N) is 2. The summed E-state index contributed by atoms with van der Waals surface area (Å²) in [5, 5.41) is 10.5. The van der Waals surface area contributed by atoms with E-state index in [1.807, 2.05) is 0 Å². The van der Waals surface area contributed by atoms with Crippen molar-refractivity contribution < 1.29 is 9.84 Å². The van der Waals surface area contributed by atoms with Gasteiger partial charge in [0.05, 0.1) is 0 Å². The summed E-state index contributed by atoms with van der Waals surface area (Å²) in [6, 6.07) is 4.90. The maximum Gasteiger partial charge on any atom is 0.125 e. The third kappa shape index (κ3) is 4.75. The lowest BCUT2D eigenvalue weighted by molar-refractivity contribution is 0.0413. The Kier molecular flexibility index (Phi) is 6.37. The molecule has 4 nitrogen and oxygen atoms in total. The quantitative estimate of drug-likeness (QED) is 0.859. The third-order valence-electron chi connectivity index (χ3n) is 5.90. The van der Waals surface area contributed by atoms with Crippen molar-refractivity contribution in [2.24, 2.45) is 0 Å². The van der Waals surface area contributed by atoms with Gasteiger partial charge in [0, 0.05) is 19.1 Å². The van der Waals surface area contributed by atoms with Crippen LogP contribution in [0.15, 0.2) is 12.1 Å². The molecule has 2 atom stereocenters. The zero-order chi connectivity index (χ0) is 17.8. The topological polar surface area (TPSA) is 35.9 Å². The molecule has 25 heavy (non-hydrogen) atoms. The van der Waals surface area contributed by atoms with Crippen molar-refractivity contribution in [3.8, 4) is 5.75 Å². The average Bonchev–Trinajstić information content (AvgIpc) is 3.13. The Bertz CT molecular complexity index is 569. The van der Waals surface area contributed by atoms with Crippen molar-refractivity contribution in [2.45, 2.75) is 58.6 Å². The fourth-order valence-corrected chi connectivity index (χ4v) is 4.28. The van der Waals surface area contributed by atoms with E-state index in [-0.39, 0.29) is 0 Å². The molecule has 2 fully saturated rings. The SMILES string of the molecule is Cc1ccc(C)c(OC[C@H](O)CN2CCC[C@H](N3CCCC3)C2)c1C. The second kappa shape index (κ2) is 8.52. The number of aliphatic hydroxyl groups excluding tert-OH is 1. The second-order valence-corrected chi connectivity index (χ2v) is 7.92. The number of rotatable bonds is 6. The van der Waals surface area contributed by atoms with Gasteiger partial charge >= 0.3 is 0 Å². The molecular formula is C21H34N2O2. The van der Waals surface area contributed by atoms with Gasteiger partial charge in [0.2, 0.25) is 0 Å². The van der Waals surface area contributed by atoms with E-state index >= 15 is 0 Å². The number of piperidine rings is 1. The zero-order valence-corrected chi connectivity index (χ0v) is 16.1. The van der Waals surface area contributed by atoms with Crippen LogP contribution in [0.2, 0.25) is 0 Å². The first-order valence-corrected chi connectivity index (χ1v) is 9.88. The van der Waals surface area contributed by atoms with Crippen LogP contribution in [0.1, 0.15) is 42.4 Å². The number of aryl methyl sites for hydroxylation is 2. The van der Waals surface area contributed by atoms with Crippen LogP contribution in [0.25, 0.3) is 0 Å². The van der Waals surface area contributed by atoms with Gasteiger partial charge in [0.1, 0.15) is 18.5 Å². The number of likely N-dealkylation sites (tertiary alicyclic amines) is 2. The monoisotopic (exact) mass is 346 g/mol. The molecule has 2 aliphatic heterocycles. The predicted molar refractivity (Wildman–Crippen MR) is 102 cm³/mol.